The summed E-state index contributed by atoms with van der Waals surface area (Å²) in [6.07, 6.45) is 0. The molecule has 0 aliphatic rings. The van der Waals surface area contributed by atoms with Crippen molar-refractivity contribution in [3.8, 4) is 0 Å². The Kier molecular flexibility index (Phi) is 2.65. The zero-order chi connectivity index (χ0) is 10.0. The minimum atomic E-state index is -0.216. The smallest absolute Gasteiger partial charge is 0.295 e. The largest absolute Gasteiger partial charge is 0.339 e. The molecule has 0 aromatic carbocycles. The number of amides is 1. The van der Waals surface area contributed by atoms with E-state index in [4.69, 9.17) is 4.52 Å². The predicted molar refractivity (Wildman–Crippen MR) is 46.3 cm³/mol. The highest BCUT2D eigenvalue weighted by atomic mass is 16.5. The van der Waals surface area contributed by atoms with Crippen LogP contribution in [0.2, 0.25) is 0 Å². The molecule has 13 heavy (non-hydrogen) atoms. The van der Waals surface area contributed by atoms with E-state index in [0.717, 1.165) is 0 Å². The third-order valence-electron chi connectivity index (χ3n) is 1.81. The van der Waals surface area contributed by atoms with Crippen molar-refractivity contribution in [3.63, 3.8) is 0 Å². The average molecular weight is 183 g/mol. The second-order valence-electron chi connectivity index (χ2n) is 3.15. The van der Waals surface area contributed by atoms with Crippen LogP contribution in [0.25, 0.3) is 0 Å². The lowest BCUT2D eigenvalue weighted by Gasteiger charge is -2.18. The Morgan fingerprint density at radius 2 is 2.15 bits per heavy atom. The second-order valence-corrected chi connectivity index (χ2v) is 3.15. The highest BCUT2D eigenvalue weighted by Gasteiger charge is 2.19. The van der Waals surface area contributed by atoms with Gasteiger partial charge in [-0.25, -0.2) is 0 Å². The Hall–Kier alpha value is -1.39. The predicted octanol–water partition coefficient (Wildman–Crippen LogP) is 0.858. The van der Waals surface area contributed by atoms with E-state index >= 15 is 0 Å². The zero-order valence-electron chi connectivity index (χ0n) is 8.24. The van der Waals surface area contributed by atoms with Crippen LogP contribution in [-0.2, 0) is 0 Å². The maximum atomic E-state index is 11.5. The molecule has 0 bridgehead atoms. The summed E-state index contributed by atoms with van der Waals surface area (Å²) in [6, 6.07) is 0.131. The highest BCUT2D eigenvalue weighted by molar-refractivity contribution is 5.90. The van der Waals surface area contributed by atoms with Gasteiger partial charge in [0.1, 0.15) is 0 Å². The first-order valence-electron chi connectivity index (χ1n) is 4.10. The Labute approximate surface area is 76.7 Å². The van der Waals surface area contributed by atoms with Gasteiger partial charge in [-0.15, -0.1) is 0 Å². The zero-order valence-corrected chi connectivity index (χ0v) is 8.24. The molecule has 5 nitrogen and oxygen atoms in total. The third kappa shape index (κ3) is 2.05. The summed E-state index contributed by atoms with van der Waals surface area (Å²) in [5, 5.41) is 3.54. The summed E-state index contributed by atoms with van der Waals surface area (Å²) >= 11 is 0. The van der Waals surface area contributed by atoms with Crippen molar-refractivity contribution in [2.45, 2.75) is 26.8 Å². The van der Waals surface area contributed by atoms with E-state index in [1.807, 2.05) is 13.8 Å². The second kappa shape index (κ2) is 3.55. The lowest BCUT2D eigenvalue weighted by Crippen LogP contribution is -2.33. The van der Waals surface area contributed by atoms with E-state index in [1.54, 1.807) is 18.9 Å². The lowest BCUT2D eigenvalue weighted by molar-refractivity contribution is 0.0739. The molecule has 0 saturated heterocycles. The van der Waals surface area contributed by atoms with Gasteiger partial charge in [0.05, 0.1) is 0 Å². The van der Waals surface area contributed by atoms with Crippen molar-refractivity contribution < 1.29 is 9.32 Å². The van der Waals surface area contributed by atoms with Crippen LogP contribution < -0.4 is 0 Å². The fourth-order valence-corrected chi connectivity index (χ4v) is 0.778. The molecule has 1 heterocycles. The SMILES string of the molecule is Cc1nc(C(=O)N(C)C(C)C)no1. The van der Waals surface area contributed by atoms with Gasteiger partial charge in [-0.3, -0.25) is 4.79 Å². The molecule has 0 saturated carbocycles. The molecule has 0 radical (unpaired) electrons. The number of aromatic nitrogens is 2. The number of aryl methyl sites for hydroxylation is 1. The number of nitrogens with zero attached hydrogens (tertiary/aromatic N) is 3. The highest BCUT2D eigenvalue weighted by Crippen LogP contribution is 2.02. The monoisotopic (exact) mass is 183 g/mol. The van der Waals surface area contributed by atoms with E-state index in [9.17, 15) is 4.79 Å². The maximum absolute atomic E-state index is 11.5. The summed E-state index contributed by atoms with van der Waals surface area (Å²) in [5.41, 5.74) is 0. The summed E-state index contributed by atoms with van der Waals surface area (Å²) < 4.78 is 4.71. The van der Waals surface area contributed by atoms with Crippen molar-refractivity contribution in [2.24, 2.45) is 0 Å². The van der Waals surface area contributed by atoms with Crippen LogP contribution in [0.4, 0.5) is 0 Å². The van der Waals surface area contributed by atoms with Gasteiger partial charge in [0, 0.05) is 20.0 Å². The summed E-state index contributed by atoms with van der Waals surface area (Å²) in [7, 11) is 1.71. The van der Waals surface area contributed by atoms with Gasteiger partial charge in [0.25, 0.3) is 11.7 Å². The number of rotatable bonds is 2. The van der Waals surface area contributed by atoms with Crippen LogP contribution in [0.5, 0.6) is 0 Å². The van der Waals surface area contributed by atoms with Gasteiger partial charge in [-0.1, -0.05) is 5.16 Å². The third-order valence-corrected chi connectivity index (χ3v) is 1.81. The first kappa shape index (κ1) is 9.70. The van der Waals surface area contributed by atoms with Crippen molar-refractivity contribution in [2.75, 3.05) is 7.05 Å². The normalized spacial score (nSPS) is 10.5. The summed E-state index contributed by atoms with van der Waals surface area (Å²) in [5.74, 6) is 0.307. The molecule has 0 spiro atoms. The molecule has 1 rings (SSSR count). The molecular formula is C8H13N3O2. The van der Waals surface area contributed by atoms with Gasteiger partial charge in [0.2, 0.25) is 5.89 Å². The first-order chi connectivity index (χ1) is 6.02. The molecule has 0 aliphatic carbocycles. The number of carbonyl (C=O) groups excluding carboxylic acids is 1. The molecule has 1 amide bonds. The number of carbonyl (C=O) groups is 1. The van der Waals surface area contributed by atoms with Crippen molar-refractivity contribution in [1.82, 2.24) is 15.0 Å². The van der Waals surface area contributed by atoms with Crippen molar-refractivity contribution >= 4 is 5.91 Å². The molecule has 0 unspecified atom stereocenters. The van der Waals surface area contributed by atoms with E-state index < -0.39 is 0 Å². The molecule has 72 valence electrons. The van der Waals surface area contributed by atoms with E-state index in [0.29, 0.717) is 5.89 Å². The lowest BCUT2D eigenvalue weighted by atomic mass is 10.3. The molecule has 0 atom stereocenters. The fraction of sp³-hybridized carbons (Fsp3) is 0.625. The minimum absolute atomic E-state index is 0.119. The van der Waals surface area contributed by atoms with E-state index in [-0.39, 0.29) is 17.8 Å². The summed E-state index contributed by atoms with van der Waals surface area (Å²) in [6.45, 7) is 5.49. The van der Waals surface area contributed by atoms with Crippen molar-refractivity contribution in [1.29, 1.82) is 0 Å². The van der Waals surface area contributed by atoms with Gasteiger partial charge in [-0.2, -0.15) is 4.98 Å². The standard InChI is InChI=1S/C8H13N3O2/c1-5(2)11(4)8(12)7-9-6(3)13-10-7/h5H,1-4H3. The number of hydrogen-bond donors (Lipinski definition) is 0. The quantitative estimate of drug-likeness (QED) is 0.682. The Balaban J connectivity index is 2.79. The molecular weight excluding hydrogens is 170 g/mol. The maximum Gasteiger partial charge on any atom is 0.295 e. The van der Waals surface area contributed by atoms with Gasteiger partial charge < -0.3 is 9.42 Å². The van der Waals surface area contributed by atoms with E-state index in [2.05, 4.69) is 10.1 Å². The van der Waals surface area contributed by atoms with E-state index in [1.165, 1.54) is 0 Å². The van der Waals surface area contributed by atoms with Gasteiger partial charge in [-0.05, 0) is 13.8 Å². The van der Waals surface area contributed by atoms with Gasteiger partial charge >= 0.3 is 0 Å². The topological polar surface area (TPSA) is 59.2 Å². The van der Waals surface area contributed by atoms with Crippen LogP contribution in [0.1, 0.15) is 30.4 Å². The molecule has 1 aromatic heterocycles. The Morgan fingerprint density at radius 1 is 1.54 bits per heavy atom. The van der Waals surface area contributed by atoms with Crippen molar-refractivity contribution in [3.05, 3.63) is 11.7 Å². The van der Waals surface area contributed by atoms with Crippen LogP contribution in [-0.4, -0.2) is 34.0 Å². The van der Waals surface area contributed by atoms with Crippen LogP contribution in [0.15, 0.2) is 4.52 Å². The molecule has 1 aromatic rings. The molecule has 5 heteroatoms. The Morgan fingerprint density at radius 3 is 2.54 bits per heavy atom. The van der Waals surface area contributed by atoms with Crippen LogP contribution >= 0.6 is 0 Å². The Bertz CT molecular complexity index is 306. The average Bonchev–Trinajstić information content (AvgIpc) is 2.49. The summed E-state index contributed by atoms with van der Waals surface area (Å²) in [4.78, 5) is 16.9. The molecule has 0 aliphatic heterocycles. The van der Waals surface area contributed by atoms with Crippen LogP contribution in [0, 0.1) is 6.92 Å². The molecule has 0 N–H and O–H groups in total. The fourth-order valence-electron chi connectivity index (χ4n) is 0.778. The minimum Gasteiger partial charge on any atom is -0.339 e. The number of hydrogen-bond acceptors (Lipinski definition) is 4. The molecule has 0 fully saturated rings. The van der Waals surface area contributed by atoms with Gasteiger partial charge in [0.15, 0.2) is 0 Å². The first-order valence-corrected chi connectivity index (χ1v) is 4.10. The van der Waals surface area contributed by atoms with Crippen LogP contribution in [0.3, 0.4) is 0 Å².